The highest BCUT2D eigenvalue weighted by atomic mass is 32.2. The minimum atomic E-state index is -1.03. The number of carbonyl (C=O) groups is 5. The Kier molecular flexibility index (Phi) is 9.32. The van der Waals surface area contributed by atoms with Crippen LogP contribution in [-0.2, 0) is 19.2 Å². The number of primary amides is 1. The SMILES string of the molecule is Cc1cc(C)cc(C(=O)N[C@H](C(=O)N2CC3(C[C@H]2C(=O)N[C@@H](C[C@@H]2CCNC2=O)C(N)=O)SCCS3)C(C)(C)C)c1. The lowest BCUT2D eigenvalue weighted by atomic mass is 9.85. The zero-order chi connectivity index (χ0) is 30.1. The van der Waals surface area contributed by atoms with Gasteiger partial charge in [-0.3, -0.25) is 24.0 Å². The molecule has 224 valence electrons. The molecule has 1 aromatic carbocycles. The van der Waals surface area contributed by atoms with Crippen molar-refractivity contribution in [2.24, 2.45) is 17.1 Å². The van der Waals surface area contributed by atoms with Crippen LogP contribution in [0, 0.1) is 25.2 Å². The maximum absolute atomic E-state index is 14.3. The predicted molar refractivity (Wildman–Crippen MR) is 161 cm³/mol. The van der Waals surface area contributed by atoms with Gasteiger partial charge in [0.15, 0.2) is 0 Å². The molecule has 10 nitrogen and oxygen atoms in total. The van der Waals surface area contributed by atoms with Crippen molar-refractivity contribution in [1.29, 1.82) is 0 Å². The lowest BCUT2D eigenvalue weighted by Crippen LogP contribution is -2.59. The van der Waals surface area contributed by atoms with Crippen molar-refractivity contribution in [3.63, 3.8) is 0 Å². The van der Waals surface area contributed by atoms with E-state index in [4.69, 9.17) is 5.73 Å². The lowest BCUT2D eigenvalue weighted by Gasteiger charge is -2.36. The first-order valence-electron chi connectivity index (χ1n) is 14.0. The molecule has 3 aliphatic heterocycles. The first-order valence-corrected chi connectivity index (χ1v) is 16.0. The Morgan fingerprint density at radius 1 is 1.10 bits per heavy atom. The second kappa shape index (κ2) is 12.2. The van der Waals surface area contributed by atoms with E-state index in [1.54, 1.807) is 40.6 Å². The molecule has 3 fully saturated rings. The van der Waals surface area contributed by atoms with Crippen molar-refractivity contribution < 1.29 is 24.0 Å². The number of likely N-dealkylation sites (tertiary alicyclic amines) is 1. The third kappa shape index (κ3) is 7.20. The van der Waals surface area contributed by atoms with Crippen molar-refractivity contribution in [1.82, 2.24) is 20.9 Å². The largest absolute Gasteiger partial charge is 0.368 e. The Bertz CT molecular complexity index is 1210. The Morgan fingerprint density at radius 2 is 1.73 bits per heavy atom. The topological polar surface area (TPSA) is 151 Å². The highest BCUT2D eigenvalue weighted by molar-refractivity contribution is 8.21. The molecule has 0 saturated carbocycles. The summed E-state index contributed by atoms with van der Waals surface area (Å²) in [4.78, 5) is 67.3. The van der Waals surface area contributed by atoms with E-state index in [-0.39, 0.29) is 28.2 Å². The third-order valence-corrected chi connectivity index (χ3v) is 11.3. The number of nitrogens with one attached hydrogen (secondary N) is 3. The number of thioether (sulfide) groups is 2. The maximum Gasteiger partial charge on any atom is 0.251 e. The fraction of sp³-hybridized carbons (Fsp3) is 0.621. The molecule has 12 heteroatoms. The van der Waals surface area contributed by atoms with Gasteiger partial charge in [-0.2, -0.15) is 0 Å². The van der Waals surface area contributed by atoms with Crippen LogP contribution in [0.4, 0.5) is 0 Å². The van der Waals surface area contributed by atoms with Crippen molar-refractivity contribution in [3.05, 3.63) is 34.9 Å². The maximum atomic E-state index is 14.3. The summed E-state index contributed by atoms with van der Waals surface area (Å²) in [6.45, 7) is 10.3. The van der Waals surface area contributed by atoms with Crippen LogP contribution in [0.15, 0.2) is 18.2 Å². The minimum Gasteiger partial charge on any atom is -0.368 e. The standard InChI is InChI=1S/C29H41N5O5S2/c1-16-10-17(2)12-19(11-16)25(37)33-22(28(3,4)5)27(39)34-15-29(40-8-9-41-29)14-21(34)26(38)32-20(23(30)35)13-18-6-7-31-24(18)36/h10-12,18,20-22H,6-9,13-15H2,1-5H3,(H2,30,35)(H,31,36)(H,32,38)(H,33,37)/t18-,20-,21-,22+/m0/s1. The Balaban J connectivity index is 1.58. The second-order valence-corrected chi connectivity index (χ2v) is 15.6. The second-order valence-electron chi connectivity index (χ2n) is 12.4. The molecule has 0 unspecified atom stereocenters. The van der Waals surface area contributed by atoms with E-state index in [1.165, 1.54) is 0 Å². The van der Waals surface area contributed by atoms with Crippen LogP contribution >= 0.6 is 23.5 Å². The van der Waals surface area contributed by atoms with Gasteiger partial charge >= 0.3 is 0 Å². The Morgan fingerprint density at radius 3 is 2.27 bits per heavy atom. The summed E-state index contributed by atoms with van der Waals surface area (Å²) in [6.07, 6.45) is 1.09. The summed E-state index contributed by atoms with van der Waals surface area (Å²) < 4.78 is -0.342. The normalized spacial score (nSPS) is 23.2. The van der Waals surface area contributed by atoms with Gasteiger partial charge in [-0.25, -0.2) is 0 Å². The van der Waals surface area contributed by atoms with Gasteiger partial charge in [-0.15, -0.1) is 23.5 Å². The minimum absolute atomic E-state index is 0.110. The number of nitrogens with zero attached hydrogens (tertiary/aromatic N) is 1. The molecule has 1 aromatic rings. The molecule has 41 heavy (non-hydrogen) atoms. The molecule has 0 bridgehead atoms. The van der Waals surface area contributed by atoms with E-state index in [0.29, 0.717) is 31.5 Å². The number of benzene rings is 1. The van der Waals surface area contributed by atoms with Crippen LogP contribution < -0.4 is 21.7 Å². The monoisotopic (exact) mass is 603 g/mol. The number of nitrogens with two attached hydrogens (primary N) is 1. The highest BCUT2D eigenvalue weighted by Crippen LogP contribution is 2.52. The van der Waals surface area contributed by atoms with Gasteiger partial charge < -0.3 is 26.6 Å². The molecular weight excluding hydrogens is 562 g/mol. The molecular formula is C29H41N5O5S2. The van der Waals surface area contributed by atoms with Crippen LogP contribution in [0.1, 0.15) is 61.5 Å². The first-order chi connectivity index (χ1) is 19.2. The average Bonchev–Trinajstić information content (AvgIpc) is 3.61. The summed E-state index contributed by atoms with van der Waals surface area (Å²) in [6, 6.07) is 2.78. The fourth-order valence-corrected chi connectivity index (χ4v) is 9.07. The van der Waals surface area contributed by atoms with Crippen LogP contribution in [0.25, 0.3) is 0 Å². The van der Waals surface area contributed by atoms with Crippen molar-refractivity contribution in [2.45, 2.75) is 76.1 Å². The van der Waals surface area contributed by atoms with Gasteiger partial charge in [0.05, 0.1) is 4.08 Å². The van der Waals surface area contributed by atoms with Crippen molar-refractivity contribution >= 4 is 53.1 Å². The number of amides is 5. The van der Waals surface area contributed by atoms with Gasteiger partial charge in [0.25, 0.3) is 5.91 Å². The van der Waals surface area contributed by atoms with E-state index in [0.717, 1.165) is 22.6 Å². The molecule has 5 amide bonds. The summed E-state index contributed by atoms with van der Waals surface area (Å²) in [5.74, 6) is -0.637. The zero-order valence-electron chi connectivity index (χ0n) is 24.4. The quantitative estimate of drug-likeness (QED) is 0.353. The van der Waals surface area contributed by atoms with E-state index < -0.39 is 41.3 Å². The Hall–Kier alpha value is -2.73. The smallest absolute Gasteiger partial charge is 0.251 e. The van der Waals surface area contributed by atoms with Crippen LogP contribution in [0.2, 0.25) is 0 Å². The molecule has 3 saturated heterocycles. The van der Waals surface area contributed by atoms with E-state index >= 15 is 0 Å². The molecule has 0 aliphatic carbocycles. The summed E-state index contributed by atoms with van der Waals surface area (Å²) in [5.41, 5.74) is 7.35. The number of carbonyl (C=O) groups excluding carboxylic acids is 5. The number of aryl methyl sites for hydroxylation is 2. The summed E-state index contributed by atoms with van der Waals surface area (Å²) in [5, 5.41) is 8.46. The highest BCUT2D eigenvalue weighted by Gasteiger charge is 2.53. The predicted octanol–water partition coefficient (Wildman–Crippen LogP) is 1.72. The number of hydrogen-bond acceptors (Lipinski definition) is 7. The number of rotatable bonds is 8. The van der Waals surface area contributed by atoms with E-state index in [2.05, 4.69) is 16.0 Å². The zero-order valence-corrected chi connectivity index (χ0v) is 26.0. The van der Waals surface area contributed by atoms with Crippen LogP contribution in [0.3, 0.4) is 0 Å². The van der Waals surface area contributed by atoms with Crippen LogP contribution in [0.5, 0.6) is 0 Å². The van der Waals surface area contributed by atoms with Gasteiger partial charge in [0.2, 0.25) is 23.6 Å². The third-order valence-electron chi connectivity index (χ3n) is 7.91. The molecule has 3 aliphatic rings. The van der Waals surface area contributed by atoms with E-state index in [1.807, 2.05) is 40.7 Å². The van der Waals surface area contributed by atoms with Gasteiger partial charge in [-0.1, -0.05) is 38.0 Å². The number of hydrogen-bond donors (Lipinski definition) is 4. The first kappa shape index (κ1) is 31.2. The lowest BCUT2D eigenvalue weighted by molar-refractivity contribution is -0.142. The summed E-state index contributed by atoms with van der Waals surface area (Å²) >= 11 is 3.47. The van der Waals surface area contributed by atoms with Gasteiger partial charge in [-0.05, 0) is 44.2 Å². The molecule has 4 atom stereocenters. The van der Waals surface area contributed by atoms with Crippen molar-refractivity contribution in [3.8, 4) is 0 Å². The molecule has 0 radical (unpaired) electrons. The average molecular weight is 604 g/mol. The molecule has 3 heterocycles. The van der Waals surface area contributed by atoms with Gasteiger partial charge in [0, 0.05) is 42.5 Å². The van der Waals surface area contributed by atoms with E-state index in [9.17, 15) is 24.0 Å². The molecule has 5 N–H and O–H groups in total. The fourth-order valence-electron chi connectivity index (χ4n) is 5.81. The molecule has 4 rings (SSSR count). The van der Waals surface area contributed by atoms with Gasteiger partial charge in [0.1, 0.15) is 18.1 Å². The summed E-state index contributed by atoms with van der Waals surface area (Å²) in [7, 11) is 0. The molecule has 1 spiro atoms. The van der Waals surface area contributed by atoms with Crippen LogP contribution in [-0.4, -0.2) is 81.2 Å². The molecule has 0 aromatic heterocycles. The Labute approximate surface area is 250 Å². The van der Waals surface area contributed by atoms with Crippen molar-refractivity contribution in [2.75, 3.05) is 24.6 Å².